The minimum absolute atomic E-state index is 0.116. The van der Waals surface area contributed by atoms with Gasteiger partial charge in [-0.3, -0.25) is 4.79 Å². The van der Waals surface area contributed by atoms with Gasteiger partial charge in [0.1, 0.15) is 5.76 Å². The van der Waals surface area contributed by atoms with Crippen molar-refractivity contribution in [2.24, 2.45) is 0 Å². The molecule has 0 saturated heterocycles. The summed E-state index contributed by atoms with van der Waals surface area (Å²) in [5.74, 6) is 1.08. The molecular weight excluding hydrogens is 308 g/mol. The van der Waals surface area contributed by atoms with Crippen LogP contribution in [0.15, 0.2) is 27.1 Å². The van der Waals surface area contributed by atoms with E-state index in [2.05, 4.69) is 26.2 Å². The Kier molecular flexibility index (Phi) is 4.04. The fraction of sp³-hybridized carbons (Fsp3) is 0.286. The zero-order valence-electron chi connectivity index (χ0n) is 11.1. The van der Waals surface area contributed by atoms with E-state index in [4.69, 9.17) is 4.42 Å². The number of hydrogen-bond acceptors (Lipinski definition) is 3. The molecule has 0 unspecified atom stereocenters. The van der Waals surface area contributed by atoms with Gasteiger partial charge in [-0.15, -0.1) is 0 Å². The van der Waals surface area contributed by atoms with Crippen molar-refractivity contribution < 1.29 is 9.21 Å². The molecule has 0 aliphatic carbocycles. The van der Waals surface area contributed by atoms with Crippen LogP contribution in [-0.4, -0.2) is 10.9 Å². The molecular formula is C14H15BrN2O2. The molecule has 100 valence electrons. The molecule has 19 heavy (non-hydrogen) atoms. The highest BCUT2D eigenvalue weighted by molar-refractivity contribution is 9.10. The summed E-state index contributed by atoms with van der Waals surface area (Å²) in [6, 6.07) is 5.70. The van der Waals surface area contributed by atoms with Gasteiger partial charge in [0.15, 0.2) is 5.89 Å². The molecule has 0 radical (unpaired) electrons. The molecule has 0 aliphatic rings. The lowest BCUT2D eigenvalue weighted by molar-refractivity contribution is -0.115. The smallest absolute Gasteiger partial charge is 0.232 e. The Bertz CT molecular complexity index is 620. The number of aromatic nitrogens is 1. The number of rotatable bonds is 3. The van der Waals surface area contributed by atoms with Gasteiger partial charge in [0.25, 0.3) is 0 Å². The van der Waals surface area contributed by atoms with Gasteiger partial charge in [0.2, 0.25) is 5.91 Å². The van der Waals surface area contributed by atoms with Gasteiger partial charge in [-0.1, -0.05) is 22.0 Å². The third-order valence-corrected chi connectivity index (χ3v) is 3.63. The molecule has 0 atom stereocenters. The molecule has 2 aromatic rings. The third-order valence-electron chi connectivity index (χ3n) is 2.78. The highest BCUT2D eigenvalue weighted by Crippen LogP contribution is 2.21. The summed E-state index contributed by atoms with van der Waals surface area (Å²) >= 11 is 3.44. The second-order valence-electron chi connectivity index (χ2n) is 4.43. The van der Waals surface area contributed by atoms with E-state index in [1.807, 2.05) is 32.0 Å². The Labute approximate surface area is 120 Å². The van der Waals surface area contributed by atoms with Crippen LogP contribution in [-0.2, 0) is 11.2 Å². The summed E-state index contributed by atoms with van der Waals surface area (Å²) < 4.78 is 6.35. The number of oxazole rings is 1. The SMILES string of the molecule is Cc1nc(C)c(CC(=O)Nc2ccc(C)c(Br)c2)o1. The zero-order valence-corrected chi connectivity index (χ0v) is 12.7. The Hall–Kier alpha value is -1.62. The number of benzene rings is 1. The monoisotopic (exact) mass is 322 g/mol. The normalized spacial score (nSPS) is 10.5. The van der Waals surface area contributed by atoms with Crippen LogP contribution in [0.3, 0.4) is 0 Å². The van der Waals surface area contributed by atoms with Crippen molar-refractivity contribution in [2.45, 2.75) is 27.2 Å². The summed E-state index contributed by atoms with van der Waals surface area (Å²) in [4.78, 5) is 16.1. The van der Waals surface area contributed by atoms with E-state index in [1.54, 1.807) is 6.92 Å². The van der Waals surface area contributed by atoms with Crippen LogP contribution < -0.4 is 5.32 Å². The molecule has 2 rings (SSSR count). The van der Waals surface area contributed by atoms with Crippen LogP contribution in [0.5, 0.6) is 0 Å². The van der Waals surface area contributed by atoms with Crippen molar-refractivity contribution in [3.63, 3.8) is 0 Å². The van der Waals surface area contributed by atoms with Gasteiger partial charge < -0.3 is 9.73 Å². The first-order valence-corrected chi connectivity index (χ1v) is 6.74. The van der Waals surface area contributed by atoms with Crippen LogP contribution >= 0.6 is 15.9 Å². The van der Waals surface area contributed by atoms with Crippen molar-refractivity contribution in [1.82, 2.24) is 4.98 Å². The third kappa shape index (κ3) is 3.44. The summed E-state index contributed by atoms with van der Waals surface area (Å²) in [7, 11) is 0. The van der Waals surface area contributed by atoms with Crippen molar-refractivity contribution in [1.29, 1.82) is 0 Å². The van der Waals surface area contributed by atoms with Crippen LogP contribution in [0.1, 0.15) is 22.9 Å². The van der Waals surface area contributed by atoms with Crippen LogP contribution in [0.4, 0.5) is 5.69 Å². The summed E-state index contributed by atoms with van der Waals surface area (Å²) in [5, 5.41) is 2.84. The van der Waals surface area contributed by atoms with Gasteiger partial charge in [-0.2, -0.15) is 0 Å². The number of hydrogen-bond donors (Lipinski definition) is 1. The number of carbonyl (C=O) groups is 1. The van der Waals surface area contributed by atoms with Crippen molar-refractivity contribution in [2.75, 3.05) is 5.32 Å². The molecule has 1 aromatic carbocycles. The lowest BCUT2D eigenvalue weighted by atomic mass is 10.2. The lowest BCUT2D eigenvalue weighted by Crippen LogP contribution is -2.14. The minimum atomic E-state index is -0.116. The quantitative estimate of drug-likeness (QED) is 0.940. The number of nitrogens with one attached hydrogen (secondary N) is 1. The van der Waals surface area contributed by atoms with Crippen LogP contribution in [0.2, 0.25) is 0 Å². The Balaban J connectivity index is 2.05. The molecule has 0 bridgehead atoms. The van der Waals surface area contributed by atoms with E-state index >= 15 is 0 Å². The molecule has 1 amide bonds. The molecule has 0 spiro atoms. The molecule has 1 N–H and O–H groups in total. The second-order valence-corrected chi connectivity index (χ2v) is 5.28. The number of carbonyl (C=O) groups excluding carboxylic acids is 1. The lowest BCUT2D eigenvalue weighted by Gasteiger charge is -2.06. The maximum Gasteiger partial charge on any atom is 0.232 e. The van der Waals surface area contributed by atoms with Crippen molar-refractivity contribution in [3.8, 4) is 0 Å². The predicted molar refractivity (Wildman–Crippen MR) is 77.2 cm³/mol. The van der Waals surface area contributed by atoms with E-state index in [0.717, 1.165) is 21.4 Å². The van der Waals surface area contributed by atoms with Crippen LogP contribution in [0, 0.1) is 20.8 Å². The summed E-state index contributed by atoms with van der Waals surface area (Å²) in [6.45, 7) is 5.60. The summed E-state index contributed by atoms with van der Waals surface area (Å²) in [6.07, 6.45) is 0.193. The molecule has 0 saturated carbocycles. The van der Waals surface area contributed by atoms with Crippen LogP contribution in [0.25, 0.3) is 0 Å². The van der Waals surface area contributed by atoms with Gasteiger partial charge in [-0.25, -0.2) is 4.98 Å². The average molecular weight is 323 g/mol. The van der Waals surface area contributed by atoms with Crippen molar-refractivity contribution in [3.05, 3.63) is 45.6 Å². The van der Waals surface area contributed by atoms with Gasteiger partial charge >= 0.3 is 0 Å². The Morgan fingerprint density at radius 3 is 2.68 bits per heavy atom. The van der Waals surface area contributed by atoms with E-state index in [1.165, 1.54) is 0 Å². The first-order valence-electron chi connectivity index (χ1n) is 5.94. The fourth-order valence-electron chi connectivity index (χ4n) is 1.76. The van der Waals surface area contributed by atoms with Crippen molar-refractivity contribution >= 4 is 27.5 Å². The molecule has 4 nitrogen and oxygen atoms in total. The average Bonchev–Trinajstić information content (AvgIpc) is 2.62. The van der Waals surface area contributed by atoms with E-state index < -0.39 is 0 Å². The first kappa shape index (κ1) is 13.8. The Morgan fingerprint density at radius 1 is 1.37 bits per heavy atom. The standard InChI is InChI=1S/C14H15BrN2O2/c1-8-4-5-11(6-12(8)15)17-14(18)7-13-9(2)16-10(3)19-13/h4-6H,7H2,1-3H3,(H,17,18). The molecule has 0 fully saturated rings. The van der Waals surface area contributed by atoms with E-state index in [0.29, 0.717) is 11.7 Å². The molecule has 5 heteroatoms. The number of anilines is 1. The molecule has 0 aliphatic heterocycles. The van der Waals surface area contributed by atoms with E-state index in [9.17, 15) is 4.79 Å². The predicted octanol–water partition coefficient (Wildman–Crippen LogP) is 3.54. The van der Waals surface area contributed by atoms with Gasteiger partial charge in [0.05, 0.1) is 12.1 Å². The molecule has 1 heterocycles. The van der Waals surface area contributed by atoms with Gasteiger partial charge in [-0.05, 0) is 31.5 Å². The number of amides is 1. The number of halogens is 1. The maximum absolute atomic E-state index is 11.9. The number of aryl methyl sites for hydroxylation is 3. The fourth-order valence-corrected chi connectivity index (χ4v) is 2.14. The Morgan fingerprint density at radius 2 is 2.11 bits per heavy atom. The maximum atomic E-state index is 11.9. The van der Waals surface area contributed by atoms with Gasteiger partial charge in [0, 0.05) is 17.1 Å². The first-order chi connectivity index (χ1) is 8.95. The second kappa shape index (κ2) is 5.57. The summed E-state index contributed by atoms with van der Waals surface area (Å²) in [5.41, 5.74) is 2.65. The largest absolute Gasteiger partial charge is 0.445 e. The topological polar surface area (TPSA) is 55.1 Å². The highest BCUT2D eigenvalue weighted by Gasteiger charge is 2.12. The molecule has 1 aromatic heterocycles. The zero-order chi connectivity index (χ0) is 14.0. The van der Waals surface area contributed by atoms with E-state index in [-0.39, 0.29) is 12.3 Å². The highest BCUT2D eigenvalue weighted by atomic mass is 79.9. The number of nitrogens with zero attached hydrogens (tertiary/aromatic N) is 1. The minimum Gasteiger partial charge on any atom is -0.445 e.